The zero-order valence-electron chi connectivity index (χ0n) is 12.1. The second-order valence-electron chi connectivity index (χ2n) is 4.79. The van der Waals surface area contributed by atoms with Crippen molar-refractivity contribution in [2.24, 2.45) is 0 Å². The first-order chi connectivity index (χ1) is 9.35. The minimum Gasteiger partial charge on any atom is -0.369 e. The van der Waals surface area contributed by atoms with Gasteiger partial charge in [0, 0.05) is 6.54 Å². The number of allylic oxidation sites excluding steroid dienone is 1. The topological polar surface area (TPSA) is 95.9 Å². The highest BCUT2D eigenvalue weighted by Gasteiger charge is 2.13. The molecule has 0 rings (SSSR count). The van der Waals surface area contributed by atoms with E-state index in [2.05, 4.69) is 11.9 Å². The van der Waals surface area contributed by atoms with Gasteiger partial charge in [-0.15, -0.1) is 6.58 Å². The Hall–Kier alpha value is -0.680. The third kappa shape index (κ3) is 13.7. The molecule has 0 bridgehead atoms. The van der Waals surface area contributed by atoms with Crippen molar-refractivity contribution in [2.45, 2.75) is 45.1 Å². The highest BCUT2D eigenvalue weighted by Crippen LogP contribution is 2.32. The monoisotopic (exact) mass is 307 g/mol. The minimum atomic E-state index is -4.05. The Kier molecular flexibility index (Phi) is 10.7. The second-order valence-corrected chi connectivity index (χ2v) is 6.56. The number of unbranched alkanes of at least 4 members (excludes halogenated alkanes) is 3. The van der Waals surface area contributed by atoms with Gasteiger partial charge in [-0.3, -0.25) is 9.36 Å². The van der Waals surface area contributed by atoms with Crippen LogP contribution < -0.4 is 5.32 Å². The normalized spacial score (nSPS) is 12.9. The van der Waals surface area contributed by atoms with E-state index < -0.39 is 7.60 Å². The molecule has 20 heavy (non-hydrogen) atoms. The summed E-state index contributed by atoms with van der Waals surface area (Å²) in [6, 6.07) is 0. The molecule has 0 aromatic rings. The summed E-state index contributed by atoms with van der Waals surface area (Å²) >= 11 is 0. The standard InChI is InChI=1S/C13H26NO5P/c1-3-4-5-6-7-8-12(2)19-11-13(15)14-9-10-20(16,17)18/h3,12H,1,4-11H2,2H3,(H,14,15)(H2,16,17,18). The lowest BCUT2D eigenvalue weighted by Gasteiger charge is -2.13. The van der Waals surface area contributed by atoms with E-state index in [9.17, 15) is 9.36 Å². The smallest absolute Gasteiger partial charge is 0.327 e. The molecule has 6 nitrogen and oxygen atoms in total. The van der Waals surface area contributed by atoms with Gasteiger partial charge in [0.2, 0.25) is 5.91 Å². The van der Waals surface area contributed by atoms with Gasteiger partial charge in [-0.25, -0.2) is 0 Å². The molecule has 0 radical (unpaired) electrons. The van der Waals surface area contributed by atoms with Crippen LogP contribution in [-0.4, -0.2) is 41.1 Å². The quantitative estimate of drug-likeness (QED) is 0.290. The summed E-state index contributed by atoms with van der Waals surface area (Å²) in [6.45, 7) is 5.46. The number of amides is 1. The van der Waals surface area contributed by atoms with Gasteiger partial charge in [-0.2, -0.15) is 0 Å². The van der Waals surface area contributed by atoms with Gasteiger partial charge < -0.3 is 19.8 Å². The Morgan fingerprint density at radius 3 is 2.70 bits per heavy atom. The first kappa shape index (κ1) is 19.3. The molecular formula is C13H26NO5P. The van der Waals surface area contributed by atoms with Crippen LogP contribution in [0.15, 0.2) is 12.7 Å². The first-order valence-electron chi connectivity index (χ1n) is 6.89. The molecule has 0 fully saturated rings. The van der Waals surface area contributed by atoms with E-state index >= 15 is 0 Å². The lowest BCUT2D eigenvalue weighted by molar-refractivity contribution is -0.127. The molecule has 0 heterocycles. The van der Waals surface area contributed by atoms with Crippen LogP contribution in [0.4, 0.5) is 0 Å². The third-order valence-corrected chi connectivity index (χ3v) is 3.55. The fourth-order valence-electron chi connectivity index (χ4n) is 1.59. The van der Waals surface area contributed by atoms with Crippen molar-refractivity contribution in [1.29, 1.82) is 0 Å². The van der Waals surface area contributed by atoms with Gasteiger partial charge >= 0.3 is 7.60 Å². The molecule has 1 unspecified atom stereocenters. The molecule has 0 aliphatic rings. The van der Waals surface area contributed by atoms with Crippen molar-refractivity contribution in [3.8, 4) is 0 Å². The zero-order valence-corrected chi connectivity index (χ0v) is 13.0. The number of hydrogen-bond donors (Lipinski definition) is 3. The van der Waals surface area contributed by atoms with Gasteiger partial charge in [0.1, 0.15) is 6.61 Å². The zero-order chi connectivity index (χ0) is 15.4. The third-order valence-electron chi connectivity index (χ3n) is 2.74. The van der Waals surface area contributed by atoms with E-state index in [-0.39, 0.29) is 31.3 Å². The number of carbonyl (C=O) groups excluding carboxylic acids is 1. The van der Waals surface area contributed by atoms with Gasteiger partial charge in [0.05, 0.1) is 12.3 Å². The molecular weight excluding hydrogens is 281 g/mol. The lowest BCUT2D eigenvalue weighted by Crippen LogP contribution is -2.31. The van der Waals surface area contributed by atoms with Crippen molar-refractivity contribution >= 4 is 13.5 Å². The largest absolute Gasteiger partial charge is 0.369 e. The Balaban J connectivity index is 3.53. The van der Waals surface area contributed by atoms with Crippen molar-refractivity contribution in [1.82, 2.24) is 5.32 Å². The lowest BCUT2D eigenvalue weighted by atomic mass is 10.1. The maximum absolute atomic E-state index is 11.3. The van der Waals surface area contributed by atoms with Crippen molar-refractivity contribution in [3.63, 3.8) is 0 Å². The summed E-state index contributed by atoms with van der Waals surface area (Å²) < 4.78 is 15.9. The number of hydrogen-bond acceptors (Lipinski definition) is 3. The average Bonchev–Trinajstić information content (AvgIpc) is 2.34. The molecule has 1 amide bonds. The molecule has 0 saturated heterocycles. The predicted molar refractivity (Wildman–Crippen MR) is 78.6 cm³/mol. The van der Waals surface area contributed by atoms with E-state index in [1.807, 2.05) is 13.0 Å². The summed E-state index contributed by atoms with van der Waals surface area (Å²) in [5, 5.41) is 2.41. The fourth-order valence-corrected chi connectivity index (χ4v) is 1.99. The van der Waals surface area contributed by atoms with E-state index in [4.69, 9.17) is 14.5 Å². The van der Waals surface area contributed by atoms with Gasteiger partial charge in [-0.1, -0.05) is 18.9 Å². The Labute approximate surface area is 120 Å². The van der Waals surface area contributed by atoms with E-state index in [1.165, 1.54) is 0 Å². The molecule has 0 aliphatic heterocycles. The summed E-state index contributed by atoms with van der Waals surface area (Å²) in [5.41, 5.74) is 0. The molecule has 3 N–H and O–H groups in total. The maximum atomic E-state index is 11.3. The summed E-state index contributed by atoms with van der Waals surface area (Å²) in [4.78, 5) is 28.6. The predicted octanol–water partition coefficient (Wildman–Crippen LogP) is 1.82. The van der Waals surface area contributed by atoms with Crippen LogP contribution in [0.5, 0.6) is 0 Å². The van der Waals surface area contributed by atoms with Gasteiger partial charge in [0.15, 0.2) is 0 Å². The summed E-state index contributed by atoms with van der Waals surface area (Å²) in [7, 11) is -4.05. The average molecular weight is 307 g/mol. The SMILES string of the molecule is C=CCCCCCC(C)OCC(=O)NCCP(=O)(O)O. The molecule has 118 valence electrons. The number of nitrogens with one attached hydrogen (secondary N) is 1. The molecule has 0 aromatic carbocycles. The number of ether oxygens (including phenoxy) is 1. The van der Waals surface area contributed by atoms with Crippen LogP contribution in [0, 0.1) is 0 Å². The molecule has 0 aliphatic carbocycles. The minimum absolute atomic E-state index is 0.00580. The van der Waals surface area contributed by atoms with Crippen molar-refractivity contribution in [3.05, 3.63) is 12.7 Å². The Morgan fingerprint density at radius 2 is 2.10 bits per heavy atom. The number of carbonyl (C=O) groups is 1. The molecule has 7 heteroatoms. The Bertz CT molecular complexity index is 329. The van der Waals surface area contributed by atoms with E-state index in [0.29, 0.717) is 0 Å². The molecule has 0 spiro atoms. The van der Waals surface area contributed by atoms with Gasteiger partial charge in [0.25, 0.3) is 0 Å². The van der Waals surface area contributed by atoms with E-state index in [0.717, 1.165) is 32.1 Å². The number of rotatable bonds is 12. The van der Waals surface area contributed by atoms with Crippen LogP contribution >= 0.6 is 7.60 Å². The highest BCUT2D eigenvalue weighted by atomic mass is 31.2. The molecule has 0 saturated carbocycles. The van der Waals surface area contributed by atoms with Crippen LogP contribution in [0.1, 0.15) is 39.0 Å². The fraction of sp³-hybridized carbons (Fsp3) is 0.769. The summed E-state index contributed by atoms with van der Waals surface area (Å²) in [6.07, 6.45) is 6.78. The molecule has 0 aromatic heterocycles. The molecule has 1 atom stereocenters. The van der Waals surface area contributed by atoms with Crippen LogP contribution in [0.2, 0.25) is 0 Å². The maximum Gasteiger partial charge on any atom is 0.327 e. The first-order valence-corrected chi connectivity index (χ1v) is 8.68. The van der Waals surface area contributed by atoms with E-state index in [1.54, 1.807) is 0 Å². The second kappa shape index (κ2) is 11.0. The van der Waals surface area contributed by atoms with Crippen molar-refractivity contribution < 1.29 is 23.9 Å². The van der Waals surface area contributed by atoms with Crippen LogP contribution in [0.3, 0.4) is 0 Å². The van der Waals surface area contributed by atoms with Gasteiger partial charge in [-0.05, 0) is 26.2 Å². The summed E-state index contributed by atoms with van der Waals surface area (Å²) in [5.74, 6) is -0.350. The van der Waals surface area contributed by atoms with Crippen LogP contribution in [0.25, 0.3) is 0 Å². The Morgan fingerprint density at radius 1 is 1.40 bits per heavy atom. The van der Waals surface area contributed by atoms with Crippen molar-refractivity contribution in [2.75, 3.05) is 19.3 Å². The van der Waals surface area contributed by atoms with Crippen LogP contribution in [-0.2, 0) is 14.1 Å². The highest BCUT2D eigenvalue weighted by molar-refractivity contribution is 7.51.